The SMILES string of the molecule is CC[C@H](C)[C@H](N)C(=O)C1CCN1C(=O)O. The molecule has 0 saturated carbocycles. The van der Waals surface area contributed by atoms with Crippen LogP contribution in [-0.2, 0) is 4.79 Å². The standard InChI is InChI=1S/C10H18N2O3/c1-3-6(2)8(11)9(13)7-4-5-12(7)10(14)15/h6-8H,3-5,11H2,1-2H3,(H,14,15)/t6-,7?,8-/m0/s1. The molecule has 1 amide bonds. The second-order valence-electron chi connectivity index (χ2n) is 4.09. The van der Waals surface area contributed by atoms with Gasteiger partial charge < -0.3 is 10.8 Å². The van der Waals surface area contributed by atoms with Gasteiger partial charge in [0.1, 0.15) is 0 Å². The second kappa shape index (κ2) is 4.61. The summed E-state index contributed by atoms with van der Waals surface area (Å²) in [5.41, 5.74) is 5.77. The van der Waals surface area contributed by atoms with Crippen LogP contribution in [0.4, 0.5) is 4.79 Å². The van der Waals surface area contributed by atoms with Gasteiger partial charge in [-0.05, 0) is 12.3 Å². The summed E-state index contributed by atoms with van der Waals surface area (Å²) in [6.07, 6.45) is 0.401. The first kappa shape index (κ1) is 12.0. The molecular formula is C10H18N2O3. The van der Waals surface area contributed by atoms with E-state index in [1.807, 2.05) is 13.8 Å². The number of nitrogens with two attached hydrogens (primary N) is 1. The molecule has 0 aliphatic carbocycles. The predicted octanol–water partition coefficient (Wildman–Crippen LogP) is 0.681. The Morgan fingerprint density at radius 1 is 1.60 bits per heavy atom. The number of carbonyl (C=O) groups is 2. The predicted molar refractivity (Wildman–Crippen MR) is 55.6 cm³/mol. The van der Waals surface area contributed by atoms with Crippen molar-refractivity contribution in [3.8, 4) is 0 Å². The number of nitrogens with zero attached hydrogens (tertiary/aromatic N) is 1. The van der Waals surface area contributed by atoms with E-state index in [4.69, 9.17) is 10.8 Å². The minimum absolute atomic E-state index is 0.105. The molecule has 0 aromatic carbocycles. The van der Waals surface area contributed by atoms with E-state index in [-0.39, 0.29) is 11.7 Å². The number of carboxylic acid groups (broad SMARTS) is 1. The van der Waals surface area contributed by atoms with Gasteiger partial charge in [-0.15, -0.1) is 0 Å². The second-order valence-corrected chi connectivity index (χ2v) is 4.09. The van der Waals surface area contributed by atoms with Crippen molar-refractivity contribution in [1.29, 1.82) is 0 Å². The maximum absolute atomic E-state index is 11.8. The highest BCUT2D eigenvalue weighted by Gasteiger charge is 2.40. The Hall–Kier alpha value is -1.10. The molecule has 1 rings (SSSR count). The molecule has 15 heavy (non-hydrogen) atoms. The summed E-state index contributed by atoms with van der Waals surface area (Å²) in [6, 6.07) is -1.05. The minimum atomic E-state index is -1.03. The third-order valence-corrected chi connectivity index (χ3v) is 3.18. The summed E-state index contributed by atoms with van der Waals surface area (Å²) >= 11 is 0. The molecule has 1 heterocycles. The largest absolute Gasteiger partial charge is 0.465 e. The number of carbonyl (C=O) groups excluding carboxylic acids is 1. The highest BCUT2D eigenvalue weighted by molar-refractivity contribution is 5.92. The van der Waals surface area contributed by atoms with E-state index in [0.717, 1.165) is 11.3 Å². The fourth-order valence-corrected chi connectivity index (χ4v) is 1.67. The number of rotatable bonds is 4. The Kier molecular flexibility index (Phi) is 3.68. The lowest BCUT2D eigenvalue weighted by Gasteiger charge is -2.39. The number of hydrogen-bond donors (Lipinski definition) is 2. The molecule has 5 nitrogen and oxygen atoms in total. The van der Waals surface area contributed by atoms with Crippen molar-refractivity contribution in [2.45, 2.75) is 38.8 Å². The lowest BCUT2D eigenvalue weighted by Crippen LogP contribution is -2.59. The minimum Gasteiger partial charge on any atom is -0.465 e. The van der Waals surface area contributed by atoms with E-state index in [9.17, 15) is 9.59 Å². The molecule has 0 aromatic rings. The van der Waals surface area contributed by atoms with Crippen molar-refractivity contribution >= 4 is 11.9 Å². The quantitative estimate of drug-likeness (QED) is 0.720. The molecule has 5 heteroatoms. The van der Waals surface area contributed by atoms with Crippen LogP contribution in [0.25, 0.3) is 0 Å². The summed E-state index contributed by atoms with van der Waals surface area (Å²) in [7, 11) is 0. The average molecular weight is 214 g/mol. The summed E-state index contributed by atoms with van der Waals surface area (Å²) in [4.78, 5) is 23.7. The van der Waals surface area contributed by atoms with Crippen molar-refractivity contribution in [3.05, 3.63) is 0 Å². The third kappa shape index (κ3) is 2.28. The maximum atomic E-state index is 11.8. The molecule has 1 unspecified atom stereocenters. The zero-order valence-electron chi connectivity index (χ0n) is 9.14. The Bertz CT molecular complexity index is 267. The molecule has 0 aromatic heterocycles. The van der Waals surface area contributed by atoms with Crippen molar-refractivity contribution in [1.82, 2.24) is 4.90 Å². The summed E-state index contributed by atoms with van der Waals surface area (Å²) in [5.74, 6) is -0.0354. The van der Waals surface area contributed by atoms with Crippen LogP contribution in [0.5, 0.6) is 0 Å². The number of hydrogen-bond acceptors (Lipinski definition) is 3. The van der Waals surface area contributed by atoms with Gasteiger partial charge in [0.15, 0.2) is 5.78 Å². The number of likely N-dealkylation sites (tertiary alicyclic amines) is 1. The van der Waals surface area contributed by atoms with Crippen LogP contribution in [0.1, 0.15) is 26.7 Å². The smallest absolute Gasteiger partial charge is 0.407 e. The highest BCUT2D eigenvalue weighted by atomic mass is 16.4. The molecule has 1 aliphatic heterocycles. The molecule has 1 saturated heterocycles. The topological polar surface area (TPSA) is 83.6 Å². The molecule has 1 fully saturated rings. The number of ketones is 1. The van der Waals surface area contributed by atoms with Crippen molar-refractivity contribution < 1.29 is 14.7 Å². The van der Waals surface area contributed by atoms with Crippen LogP contribution in [0, 0.1) is 5.92 Å². The fraction of sp³-hybridized carbons (Fsp3) is 0.800. The number of Topliss-reactive ketones (excluding diaryl/α,β-unsaturated/α-hetero) is 1. The Balaban J connectivity index is 2.57. The van der Waals surface area contributed by atoms with Crippen LogP contribution < -0.4 is 5.73 Å². The van der Waals surface area contributed by atoms with Crippen molar-refractivity contribution in [2.24, 2.45) is 11.7 Å². The van der Waals surface area contributed by atoms with Crippen LogP contribution >= 0.6 is 0 Å². The monoisotopic (exact) mass is 214 g/mol. The summed E-state index contributed by atoms with van der Waals surface area (Å²) < 4.78 is 0. The van der Waals surface area contributed by atoms with Gasteiger partial charge in [0, 0.05) is 6.54 Å². The van der Waals surface area contributed by atoms with Crippen LogP contribution in [0.2, 0.25) is 0 Å². The van der Waals surface area contributed by atoms with Crippen molar-refractivity contribution in [3.63, 3.8) is 0 Å². The third-order valence-electron chi connectivity index (χ3n) is 3.18. The zero-order chi connectivity index (χ0) is 11.6. The first-order valence-electron chi connectivity index (χ1n) is 5.27. The first-order chi connectivity index (χ1) is 6.99. The Labute approximate surface area is 89.2 Å². The van der Waals surface area contributed by atoms with E-state index in [1.54, 1.807) is 0 Å². The van der Waals surface area contributed by atoms with Gasteiger partial charge in [0.25, 0.3) is 0 Å². The van der Waals surface area contributed by atoms with Crippen molar-refractivity contribution in [2.75, 3.05) is 6.54 Å². The lowest BCUT2D eigenvalue weighted by atomic mass is 9.88. The zero-order valence-corrected chi connectivity index (χ0v) is 9.14. The van der Waals surface area contributed by atoms with Crippen LogP contribution in [0.3, 0.4) is 0 Å². The van der Waals surface area contributed by atoms with E-state index in [0.29, 0.717) is 13.0 Å². The van der Waals surface area contributed by atoms with Gasteiger partial charge in [-0.2, -0.15) is 0 Å². The van der Waals surface area contributed by atoms with Gasteiger partial charge in [-0.25, -0.2) is 4.79 Å². The van der Waals surface area contributed by atoms with Gasteiger partial charge in [0.05, 0.1) is 12.1 Å². The van der Waals surface area contributed by atoms with E-state index >= 15 is 0 Å². The molecule has 1 aliphatic rings. The Morgan fingerprint density at radius 3 is 2.53 bits per heavy atom. The van der Waals surface area contributed by atoms with Gasteiger partial charge in [0.2, 0.25) is 0 Å². The number of amides is 1. The molecule has 0 radical (unpaired) electrons. The van der Waals surface area contributed by atoms with E-state index < -0.39 is 18.2 Å². The van der Waals surface area contributed by atoms with Crippen LogP contribution in [-0.4, -0.2) is 40.5 Å². The lowest BCUT2D eigenvalue weighted by molar-refractivity contribution is -0.129. The van der Waals surface area contributed by atoms with Gasteiger partial charge in [-0.1, -0.05) is 20.3 Å². The van der Waals surface area contributed by atoms with Crippen LogP contribution in [0.15, 0.2) is 0 Å². The normalized spacial score (nSPS) is 24.2. The molecule has 3 atom stereocenters. The molecule has 86 valence electrons. The molecular weight excluding hydrogens is 196 g/mol. The Morgan fingerprint density at radius 2 is 2.20 bits per heavy atom. The first-order valence-corrected chi connectivity index (χ1v) is 5.27. The van der Waals surface area contributed by atoms with E-state index in [1.165, 1.54) is 0 Å². The average Bonchev–Trinajstić information content (AvgIpc) is 2.12. The molecule has 0 bridgehead atoms. The summed E-state index contributed by atoms with van der Waals surface area (Å²) in [5, 5.41) is 8.76. The highest BCUT2D eigenvalue weighted by Crippen LogP contribution is 2.21. The summed E-state index contributed by atoms with van der Waals surface area (Å²) in [6.45, 7) is 4.32. The molecule has 0 spiro atoms. The van der Waals surface area contributed by atoms with E-state index in [2.05, 4.69) is 0 Å². The molecule has 3 N–H and O–H groups in total. The van der Waals surface area contributed by atoms with Gasteiger partial charge in [-0.3, -0.25) is 9.69 Å². The fourth-order valence-electron chi connectivity index (χ4n) is 1.67. The van der Waals surface area contributed by atoms with Gasteiger partial charge >= 0.3 is 6.09 Å². The maximum Gasteiger partial charge on any atom is 0.407 e.